The predicted octanol–water partition coefficient (Wildman–Crippen LogP) is 6.71. The number of aromatic nitrogens is 2. The third-order valence-electron chi connectivity index (χ3n) is 10.5. The molecule has 0 atom stereocenters. The molecule has 2 aromatic carbocycles. The van der Waals surface area contributed by atoms with Crippen molar-refractivity contribution in [2.45, 2.75) is 90.2 Å². The number of aliphatic hydroxyl groups is 1. The van der Waals surface area contributed by atoms with Crippen molar-refractivity contribution in [1.29, 1.82) is 0 Å². The minimum Gasteiger partial charge on any atom is -0.496 e. The number of methoxy groups -OCH3 is 2. The number of hydrogen-bond donors (Lipinski definition) is 2. The highest BCUT2D eigenvalue weighted by molar-refractivity contribution is 5.98. The summed E-state index contributed by atoms with van der Waals surface area (Å²) in [4.78, 5) is 28.8. The Morgan fingerprint density at radius 1 is 0.980 bits per heavy atom. The van der Waals surface area contributed by atoms with Crippen molar-refractivity contribution in [3.63, 3.8) is 0 Å². The Bertz CT molecular complexity index is 1640. The maximum Gasteiger partial charge on any atom is 0.332 e. The summed E-state index contributed by atoms with van der Waals surface area (Å²) in [5.74, 6) is 2.34. The van der Waals surface area contributed by atoms with Crippen molar-refractivity contribution in [3.05, 3.63) is 53.7 Å². The highest BCUT2D eigenvalue weighted by atomic mass is 16.6. The third-order valence-corrected chi connectivity index (χ3v) is 10.5. The zero-order valence-corrected chi connectivity index (χ0v) is 29.9. The number of benzene rings is 2. The van der Waals surface area contributed by atoms with Crippen molar-refractivity contribution in [2.75, 3.05) is 27.4 Å². The summed E-state index contributed by atoms with van der Waals surface area (Å²) >= 11 is 0. The van der Waals surface area contributed by atoms with Crippen LogP contribution in [0.3, 0.4) is 0 Å². The molecule has 4 aliphatic carbocycles. The Balaban J connectivity index is 1.47. The molecule has 4 bridgehead atoms. The lowest BCUT2D eigenvalue weighted by molar-refractivity contribution is -0.180. The second kappa shape index (κ2) is 13.7. The second-order valence-corrected chi connectivity index (χ2v) is 15.3. The van der Waals surface area contributed by atoms with Crippen LogP contribution in [0.1, 0.15) is 95.1 Å². The van der Waals surface area contributed by atoms with Gasteiger partial charge in [-0.05, 0) is 124 Å². The third kappa shape index (κ3) is 6.64. The topological polar surface area (TPSA) is 121 Å². The summed E-state index contributed by atoms with van der Waals surface area (Å²) in [7, 11) is 3.20. The smallest absolute Gasteiger partial charge is 0.332 e. The monoisotopic (exact) mass is 673 g/mol. The largest absolute Gasteiger partial charge is 0.496 e. The zero-order valence-electron chi connectivity index (χ0n) is 29.9. The van der Waals surface area contributed by atoms with Gasteiger partial charge in [-0.15, -0.1) is 0 Å². The van der Waals surface area contributed by atoms with Crippen molar-refractivity contribution in [2.24, 2.45) is 23.7 Å². The van der Waals surface area contributed by atoms with Crippen molar-refractivity contribution < 1.29 is 33.6 Å². The van der Waals surface area contributed by atoms with Crippen LogP contribution in [0, 0.1) is 23.7 Å². The van der Waals surface area contributed by atoms with E-state index in [4.69, 9.17) is 24.0 Å². The summed E-state index contributed by atoms with van der Waals surface area (Å²) in [6, 6.07) is 13.1. The number of nitrogens with one attached hydrogen (secondary N) is 1. The van der Waals surface area contributed by atoms with Crippen LogP contribution in [0.25, 0.3) is 16.9 Å². The van der Waals surface area contributed by atoms with Gasteiger partial charge in [0, 0.05) is 13.0 Å². The van der Waals surface area contributed by atoms with E-state index in [0.717, 1.165) is 36.9 Å². The van der Waals surface area contributed by atoms with Crippen LogP contribution in [-0.2, 0) is 9.53 Å². The minimum atomic E-state index is -1.11. The van der Waals surface area contributed by atoms with Gasteiger partial charge in [-0.1, -0.05) is 19.9 Å². The first-order chi connectivity index (χ1) is 23.4. The number of hydrogen-bond acceptors (Lipinski definition) is 8. The summed E-state index contributed by atoms with van der Waals surface area (Å²) in [6.07, 6.45) is 5.39. The molecule has 1 amide bonds. The first kappa shape index (κ1) is 34.8. The lowest BCUT2D eigenvalue weighted by atomic mass is 9.48. The van der Waals surface area contributed by atoms with Gasteiger partial charge in [-0.3, -0.25) is 4.79 Å². The number of carbonyl (C=O) groups is 2. The number of carbonyl (C=O) groups excluding carboxylic acids is 2. The molecule has 4 saturated carbocycles. The molecule has 0 aliphatic heterocycles. The van der Waals surface area contributed by atoms with E-state index in [1.807, 2.05) is 57.2 Å². The lowest BCUT2D eigenvalue weighted by Crippen LogP contribution is -2.71. The molecule has 3 aromatic rings. The van der Waals surface area contributed by atoms with E-state index in [0.29, 0.717) is 53.4 Å². The van der Waals surface area contributed by atoms with Gasteiger partial charge in [-0.2, -0.15) is 5.10 Å². The molecule has 7 rings (SSSR count). The Labute approximate surface area is 289 Å². The Hall–Kier alpha value is -4.05. The average molecular weight is 674 g/mol. The van der Waals surface area contributed by atoms with Crippen molar-refractivity contribution >= 4 is 11.9 Å². The molecule has 10 nitrogen and oxygen atoms in total. The zero-order chi connectivity index (χ0) is 35.1. The second-order valence-electron chi connectivity index (χ2n) is 15.3. The summed E-state index contributed by atoms with van der Waals surface area (Å²) in [6.45, 7) is 10.3. The Morgan fingerprint density at radius 2 is 1.61 bits per heavy atom. The first-order valence-corrected chi connectivity index (χ1v) is 17.6. The van der Waals surface area contributed by atoms with Crippen LogP contribution >= 0.6 is 0 Å². The van der Waals surface area contributed by atoms with Crippen LogP contribution in [-0.4, -0.2) is 65.3 Å². The number of amides is 1. The molecule has 0 saturated heterocycles. The lowest BCUT2D eigenvalue weighted by Gasteiger charge is -2.59. The highest BCUT2D eigenvalue weighted by Gasteiger charge is 2.63. The maximum absolute atomic E-state index is 14.6. The molecule has 264 valence electrons. The summed E-state index contributed by atoms with van der Waals surface area (Å²) in [5.41, 5.74) is 1.35. The van der Waals surface area contributed by atoms with E-state index in [1.54, 1.807) is 25.0 Å². The Morgan fingerprint density at radius 3 is 2.16 bits per heavy atom. The molecule has 2 N–H and O–H groups in total. The quantitative estimate of drug-likeness (QED) is 0.161. The number of ether oxygens (including phenoxy) is 4. The van der Waals surface area contributed by atoms with E-state index >= 15 is 0 Å². The Kier molecular flexibility index (Phi) is 9.72. The first-order valence-electron chi connectivity index (χ1n) is 17.6. The fraction of sp³-hybridized carbons (Fsp3) is 0.564. The standard InChI is InChI=1S/C39H51N3O7/c1-23(2)29-21-28(48-15-9-14-43)12-13-31(29)42-32(35-33(46-6)10-8-11-34(35)47-7)22-30(41-42)36(44)40-39(37(45)49-38(3,4)5)26-17-24-16-25(19-26)20-27(39)18-24/h8,10-13,21-27,43H,9,14-20H2,1-7H3,(H,40,44). The SMILES string of the molecule is COc1cccc(OC)c1-c1cc(C(=O)NC2(C(=O)OC(C)(C)C)C3CC4CC(C3)CC2C4)nn1-c1ccc(OCCCO)cc1C(C)C. The van der Waals surface area contributed by atoms with Crippen LogP contribution in [0.15, 0.2) is 42.5 Å². The predicted molar refractivity (Wildman–Crippen MR) is 186 cm³/mol. The van der Waals surface area contributed by atoms with Crippen LogP contribution < -0.4 is 19.5 Å². The van der Waals surface area contributed by atoms with E-state index in [-0.39, 0.29) is 36.0 Å². The molecule has 1 aromatic heterocycles. The van der Waals surface area contributed by atoms with Gasteiger partial charge >= 0.3 is 5.97 Å². The molecule has 4 fully saturated rings. The number of aliphatic hydroxyl groups excluding tert-OH is 1. The molecule has 0 radical (unpaired) electrons. The van der Waals surface area contributed by atoms with E-state index in [9.17, 15) is 14.7 Å². The van der Waals surface area contributed by atoms with Gasteiger partial charge in [0.2, 0.25) is 0 Å². The molecule has 49 heavy (non-hydrogen) atoms. The average Bonchev–Trinajstić information content (AvgIpc) is 3.50. The molecule has 0 unspecified atom stereocenters. The molecule has 1 heterocycles. The van der Waals surface area contributed by atoms with Gasteiger partial charge < -0.3 is 29.4 Å². The van der Waals surface area contributed by atoms with Gasteiger partial charge in [0.25, 0.3) is 5.91 Å². The number of rotatable bonds is 12. The van der Waals surface area contributed by atoms with Gasteiger partial charge in [0.05, 0.1) is 37.8 Å². The van der Waals surface area contributed by atoms with Gasteiger partial charge in [0.15, 0.2) is 5.69 Å². The van der Waals surface area contributed by atoms with Crippen LogP contribution in [0.2, 0.25) is 0 Å². The normalized spacial score (nSPS) is 24.2. The summed E-state index contributed by atoms with van der Waals surface area (Å²) < 4.78 is 25.4. The fourth-order valence-corrected chi connectivity index (χ4v) is 8.62. The minimum absolute atomic E-state index is 0.0179. The van der Waals surface area contributed by atoms with E-state index in [2.05, 4.69) is 19.2 Å². The van der Waals surface area contributed by atoms with Crippen LogP contribution in [0.5, 0.6) is 17.2 Å². The molecule has 10 heteroatoms. The fourth-order valence-electron chi connectivity index (χ4n) is 8.62. The molecule has 4 aliphatic rings. The molecular weight excluding hydrogens is 622 g/mol. The van der Waals surface area contributed by atoms with E-state index in [1.165, 1.54) is 6.42 Å². The van der Waals surface area contributed by atoms with Crippen molar-refractivity contribution in [1.82, 2.24) is 15.1 Å². The molecular formula is C39H51N3O7. The highest BCUT2D eigenvalue weighted by Crippen LogP contribution is 2.59. The van der Waals surface area contributed by atoms with E-state index < -0.39 is 17.0 Å². The van der Waals surface area contributed by atoms with Crippen LogP contribution in [0.4, 0.5) is 0 Å². The summed E-state index contributed by atoms with van der Waals surface area (Å²) in [5, 5.41) is 17.5. The molecule has 0 spiro atoms. The number of nitrogens with zero attached hydrogens (tertiary/aromatic N) is 2. The van der Waals surface area contributed by atoms with Crippen molar-refractivity contribution in [3.8, 4) is 34.2 Å². The van der Waals surface area contributed by atoms with Gasteiger partial charge in [0.1, 0.15) is 28.4 Å². The number of esters is 1. The van der Waals surface area contributed by atoms with Gasteiger partial charge in [-0.25, -0.2) is 9.48 Å². The maximum atomic E-state index is 14.6.